The maximum Gasteiger partial charge on any atom is 0.208 e. The van der Waals surface area contributed by atoms with Gasteiger partial charge in [0.05, 0.1) is 11.2 Å². The molecule has 3 aromatic rings. The van der Waals surface area contributed by atoms with E-state index < -0.39 is 0 Å². The maximum atomic E-state index is 5.50. The summed E-state index contributed by atoms with van der Waals surface area (Å²) in [5.41, 5.74) is 7.76. The number of nitrogens with zero attached hydrogens (tertiary/aromatic N) is 5. The van der Waals surface area contributed by atoms with E-state index in [2.05, 4.69) is 36.0 Å². The Morgan fingerprint density at radius 2 is 2.16 bits per heavy atom. The van der Waals surface area contributed by atoms with Crippen LogP contribution in [-0.2, 0) is 0 Å². The predicted octanol–water partition coefficient (Wildman–Crippen LogP) is 1.61. The Hall–Kier alpha value is -1.93. The number of hydrogen-bond donors (Lipinski definition) is 1. The van der Waals surface area contributed by atoms with Crippen molar-refractivity contribution in [2.45, 2.75) is 0 Å². The molecule has 8 heteroatoms. The van der Waals surface area contributed by atoms with Crippen molar-refractivity contribution >= 4 is 44.2 Å². The molecule has 0 unspecified atom stereocenters. The van der Waals surface area contributed by atoms with Crippen LogP contribution in [0.25, 0.3) is 16.7 Å². The third-order valence-corrected chi connectivity index (χ3v) is 3.10. The van der Waals surface area contributed by atoms with Gasteiger partial charge in [0.2, 0.25) is 5.82 Å². The Labute approximate surface area is 121 Å². The number of pyridine rings is 2. The van der Waals surface area contributed by atoms with Crippen molar-refractivity contribution in [1.82, 2.24) is 24.7 Å². The molecule has 0 spiro atoms. The van der Waals surface area contributed by atoms with Crippen molar-refractivity contribution in [1.29, 1.82) is 0 Å². The lowest BCUT2D eigenvalue weighted by Gasteiger charge is -2.04. The SMILES string of the molecule is NC(=S)c1ncn(-c2ccnc3cc(Br)cnc23)n1. The van der Waals surface area contributed by atoms with E-state index in [1.165, 1.54) is 0 Å². The summed E-state index contributed by atoms with van der Waals surface area (Å²) in [5, 5.41) is 4.21. The lowest BCUT2D eigenvalue weighted by Crippen LogP contribution is -2.12. The molecule has 0 fully saturated rings. The molecule has 94 valence electrons. The average molecular weight is 335 g/mol. The van der Waals surface area contributed by atoms with Gasteiger partial charge in [-0.05, 0) is 28.1 Å². The Balaban J connectivity index is 2.21. The predicted molar refractivity (Wildman–Crippen MR) is 78.0 cm³/mol. The zero-order valence-electron chi connectivity index (χ0n) is 9.49. The first-order valence-corrected chi connectivity index (χ1v) is 6.47. The van der Waals surface area contributed by atoms with Crippen LogP contribution in [0.5, 0.6) is 0 Å². The van der Waals surface area contributed by atoms with Crippen LogP contribution >= 0.6 is 28.1 Å². The second-order valence-corrected chi connectivity index (χ2v) is 5.08. The van der Waals surface area contributed by atoms with Crippen LogP contribution in [0, 0.1) is 0 Å². The van der Waals surface area contributed by atoms with Crippen LogP contribution in [0.4, 0.5) is 0 Å². The van der Waals surface area contributed by atoms with Gasteiger partial charge in [-0.1, -0.05) is 12.2 Å². The molecule has 0 amide bonds. The molecule has 0 saturated heterocycles. The van der Waals surface area contributed by atoms with Crippen molar-refractivity contribution in [2.24, 2.45) is 5.73 Å². The topological polar surface area (TPSA) is 82.5 Å². The molecular formula is C11H7BrN6S. The van der Waals surface area contributed by atoms with E-state index in [9.17, 15) is 0 Å². The molecule has 3 aromatic heterocycles. The minimum Gasteiger partial charge on any atom is -0.387 e. The molecule has 2 N–H and O–H groups in total. The van der Waals surface area contributed by atoms with Gasteiger partial charge in [-0.2, -0.15) is 0 Å². The van der Waals surface area contributed by atoms with Crippen molar-refractivity contribution < 1.29 is 0 Å². The Kier molecular flexibility index (Phi) is 2.96. The third-order valence-electron chi connectivity index (χ3n) is 2.48. The highest BCUT2D eigenvalue weighted by molar-refractivity contribution is 9.10. The number of rotatable bonds is 2. The summed E-state index contributed by atoms with van der Waals surface area (Å²) < 4.78 is 2.45. The number of nitrogens with two attached hydrogens (primary N) is 1. The van der Waals surface area contributed by atoms with Crippen molar-refractivity contribution in [3.8, 4) is 5.69 Å². The monoisotopic (exact) mass is 334 g/mol. The molecule has 0 aliphatic carbocycles. The highest BCUT2D eigenvalue weighted by atomic mass is 79.9. The lowest BCUT2D eigenvalue weighted by atomic mass is 10.3. The first-order valence-electron chi connectivity index (χ1n) is 5.27. The molecule has 0 aliphatic rings. The van der Waals surface area contributed by atoms with Gasteiger partial charge >= 0.3 is 0 Å². The van der Waals surface area contributed by atoms with Gasteiger partial charge in [0.15, 0.2) is 0 Å². The normalized spacial score (nSPS) is 10.8. The van der Waals surface area contributed by atoms with E-state index in [0.29, 0.717) is 5.82 Å². The first kappa shape index (κ1) is 12.1. The summed E-state index contributed by atoms with van der Waals surface area (Å²) in [6, 6.07) is 3.69. The molecule has 19 heavy (non-hydrogen) atoms. The van der Waals surface area contributed by atoms with Gasteiger partial charge in [0, 0.05) is 16.9 Å². The summed E-state index contributed by atoms with van der Waals surface area (Å²) in [6.45, 7) is 0. The van der Waals surface area contributed by atoms with Crippen LogP contribution < -0.4 is 5.73 Å². The van der Waals surface area contributed by atoms with E-state index in [0.717, 1.165) is 21.2 Å². The molecule has 0 saturated carbocycles. The zero-order valence-corrected chi connectivity index (χ0v) is 11.9. The van der Waals surface area contributed by atoms with Gasteiger partial charge in [0.1, 0.15) is 16.8 Å². The number of aromatic nitrogens is 5. The van der Waals surface area contributed by atoms with Gasteiger partial charge in [-0.3, -0.25) is 9.97 Å². The number of hydrogen-bond acceptors (Lipinski definition) is 5. The molecule has 0 aliphatic heterocycles. The van der Waals surface area contributed by atoms with Crippen LogP contribution in [0.15, 0.2) is 35.3 Å². The highest BCUT2D eigenvalue weighted by Gasteiger charge is 2.09. The quantitative estimate of drug-likeness (QED) is 0.717. The zero-order chi connectivity index (χ0) is 13.4. The first-order chi connectivity index (χ1) is 9.15. The number of halogens is 1. The standard InChI is InChI=1S/C11H7BrN6S/c12-6-3-7-9(15-4-6)8(1-2-14-7)18-5-16-11(17-18)10(13)19/h1-5H,(H2,13,19). The van der Waals surface area contributed by atoms with Crippen molar-refractivity contribution in [2.75, 3.05) is 0 Å². The van der Waals surface area contributed by atoms with Crippen LogP contribution in [0.2, 0.25) is 0 Å². The number of fused-ring (bicyclic) bond motifs is 1. The molecule has 0 atom stereocenters. The van der Waals surface area contributed by atoms with Crippen LogP contribution in [-0.4, -0.2) is 29.7 Å². The third kappa shape index (κ3) is 2.20. The second kappa shape index (κ2) is 4.63. The second-order valence-electron chi connectivity index (χ2n) is 3.73. The van der Waals surface area contributed by atoms with Gasteiger partial charge in [-0.15, -0.1) is 5.10 Å². The van der Waals surface area contributed by atoms with Crippen molar-refractivity contribution in [3.05, 3.63) is 41.2 Å². The molecular weight excluding hydrogens is 328 g/mol. The van der Waals surface area contributed by atoms with Gasteiger partial charge < -0.3 is 5.73 Å². The largest absolute Gasteiger partial charge is 0.387 e. The van der Waals surface area contributed by atoms with Crippen molar-refractivity contribution in [3.63, 3.8) is 0 Å². The smallest absolute Gasteiger partial charge is 0.208 e. The average Bonchev–Trinajstić information content (AvgIpc) is 2.87. The minimum atomic E-state index is 0.160. The summed E-state index contributed by atoms with van der Waals surface area (Å²) in [5.74, 6) is 0.331. The maximum absolute atomic E-state index is 5.50. The Morgan fingerprint density at radius 1 is 1.32 bits per heavy atom. The molecule has 0 aromatic carbocycles. The fraction of sp³-hybridized carbons (Fsp3) is 0. The van der Waals surface area contributed by atoms with Crippen LogP contribution in [0.1, 0.15) is 5.82 Å². The van der Waals surface area contributed by atoms with E-state index in [-0.39, 0.29) is 4.99 Å². The van der Waals surface area contributed by atoms with Crippen LogP contribution in [0.3, 0.4) is 0 Å². The van der Waals surface area contributed by atoms with Gasteiger partial charge in [-0.25, -0.2) is 9.67 Å². The molecule has 3 heterocycles. The van der Waals surface area contributed by atoms with E-state index in [4.69, 9.17) is 18.0 Å². The van der Waals surface area contributed by atoms with E-state index in [1.54, 1.807) is 29.5 Å². The summed E-state index contributed by atoms with van der Waals surface area (Å²) in [6.07, 6.45) is 4.94. The molecule has 0 radical (unpaired) electrons. The molecule has 6 nitrogen and oxygen atoms in total. The Bertz CT molecular complexity index is 784. The van der Waals surface area contributed by atoms with Gasteiger partial charge in [0.25, 0.3) is 0 Å². The van der Waals surface area contributed by atoms with E-state index >= 15 is 0 Å². The fourth-order valence-electron chi connectivity index (χ4n) is 1.67. The lowest BCUT2D eigenvalue weighted by molar-refractivity contribution is 0.878. The molecule has 3 rings (SSSR count). The summed E-state index contributed by atoms with van der Waals surface area (Å²) in [4.78, 5) is 12.8. The Morgan fingerprint density at radius 3 is 2.89 bits per heavy atom. The highest BCUT2D eigenvalue weighted by Crippen LogP contribution is 2.20. The summed E-state index contributed by atoms with van der Waals surface area (Å²) >= 11 is 8.21. The minimum absolute atomic E-state index is 0.160. The summed E-state index contributed by atoms with van der Waals surface area (Å²) in [7, 11) is 0. The molecule has 0 bridgehead atoms. The van der Waals surface area contributed by atoms with E-state index in [1.807, 2.05) is 6.07 Å². The fourth-order valence-corrected chi connectivity index (χ4v) is 2.08. The number of thiocarbonyl (C=S) groups is 1.